The highest BCUT2D eigenvalue weighted by Gasteiger charge is 2.48. The highest BCUT2D eigenvalue weighted by Crippen LogP contribution is 2.41. The van der Waals surface area contributed by atoms with E-state index in [4.69, 9.17) is 0 Å². The van der Waals surface area contributed by atoms with E-state index in [9.17, 15) is 10.5 Å². The predicted molar refractivity (Wildman–Crippen MR) is 198 cm³/mol. The molecule has 0 fully saturated rings. The number of hydrogen-bond donors (Lipinski definition) is 0. The topological polar surface area (TPSA) is 52.5 Å². The van der Waals surface area contributed by atoms with Gasteiger partial charge in [0.1, 0.15) is 0 Å². The van der Waals surface area contributed by atoms with Crippen LogP contribution in [0.2, 0.25) is 0 Å². The molecule has 0 unspecified atom stereocenters. The summed E-state index contributed by atoms with van der Waals surface area (Å²) in [7, 11) is -2.59. The lowest BCUT2D eigenvalue weighted by Gasteiger charge is -2.31. The van der Waals surface area contributed by atoms with E-state index in [1.165, 1.54) is 31.9 Å². The average molecular weight is 626 g/mol. The Labute approximate surface area is 279 Å². The van der Waals surface area contributed by atoms with Gasteiger partial charge in [-0.1, -0.05) is 127 Å². The van der Waals surface area contributed by atoms with Crippen molar-refractivity contribution < 1.29 is 0 Å². The standard InChI is InChI=1S/C44H27N3Si/c45-28-30-13-11-14-31(29-46)43(30)37-21-12-23-40-44(37)36-20-7-9-22-39(36)47(40)32-25-26-42-38(27-32)35-19-8-10-24-41(35)48(42,33-15-3-1-4-16-33)34-17-5-2-6-18-34/h1-27H. The lowest BCUT2D eigenvalue weighted by Crippen LogP contribution is -2.72. The van der Waals surface area contributed by atoms with Crippen molar-refractivity contribution in [2.24, 2.45) is 0 Å². The second kappa shape index (κ2) is 10.8. The number of fused-ring (bicyclic) bond motifs is 6. The molecule has 0 spiro atoms. The van der Waals surface area contributed by atoms with E-state index in [-0.39, 0.29) is 0 Å². The molecule has 8 aromatic rings. The molecule has 0 bridgehead atoms. The predicted octanol–water partition coefficient (Wildman–Crippen LogP) is 7.55. The first-order valence-electron chi connectivity index (χ1n) is 16.1. The summed E-state index contributed by atoms with van der Waals surface area (Å²) in [6.45, 7) is 0. The monoisotopic (exact) mass is 625 g/mol. The first kappa shape index (κ1) is 27.8. The van der Waals surface area contributed by atoms with Crippen LogP contribution < -0.4 is 20.7 Å². The van der Waals surface area contributed by atoms with E-state index >= 15 is 0 Å². The smallest absolute Gasteiger partial charge is 0.180 e. The number of rotatable bonds is 4. The van der Waals surface area contributed by atoms with Gasteiger partial charge in [0.15, 0.2) is 8.07 Å². The molecule has 4 heteroatoms. The van der Waals surface area contributed by atoms with Gasteiger partial charge >= 0.3 is 0 Å². The lowest BCUT2D eigenvalue weighted by molar-refractivity contribution is 1.18. The Morgan fingerprint density at radius 2 is 1.02 bits per heavy atom. The molecule has 3 nitrogen and oxygen atoms in total. The van der Waals surface area contributed by atoms with Crippen LogP contribution in [0.1, 0.15) is 11.1 Å². The van der Waals surface area contributed by atoms with Crippen molar-refractivity contribution in [3.8, 4) is 40.1 Å². The van der Waals surface area contributed by atoms with Gasteiger partial charge in [-0.15, -0.1) is 0 Å². The summed E-state index contributed by atoms with van der Waals surface area (Å²) in [5.41, 5.74) is 8.31. The third kappa shape index (κ3) is 3.79. The second-order valence-electron chi connectivity index (χ2n) is 12.3. The second-order valence-corrected chi connectivity index (χ2v) is 16.0. The summed E-state index contributed by atoms with van der Waals surface area (Å²) < 4.78 is 2.34. The van der Waals surface area contributed by atoms with Crippen molar-refractivity contribution in [1.29, 1.82) is 10.5 Å². The van der Waals surface area contributed by atoms with Crippen LogP contribution in [0, 0.1) is 22.7 Å². The quantitative estimate of drug-likeness (QED) is 0.190. The number of nitriles is 2. The lowest BCUT2D eigenvalue weighted by atomic mass is 9.92. The van der Waals surface area contributed by atoms with Crippen molar-refractivity contribution in [2.45, 2.75) is 0 Å². The summed E-state index contributed by atoms with van der Waals surface area (Å²) in [6, 6.07) is 62.8. The zero-order chi connectivity index (χ0) is 32.2. The third-order valence-corrected chi connectivity index (χ3v) is 14.9. The average Bonchev–Trinajstić information content (AvgIpc) is 3.66. The molecule has 0 amide bonds. The molecule has 0 aliphatic carbocycles. The fourth-order valence-corrected chi connectivity index (χ4v) is 13.3. The Hall–Kier alpha value is -6.46. The van der Waals surface area contributed by atoms with Gasteiger partial charge in [-0.2, -0.15) is 10.5 Å². The van der Waals surface area contributed by atoms with Crippen LogP contribution in [0.5, 0.6) is 0 Å². The zero-order valence-electron chi connectivity index (χ0n) is 25.9. The van der Waals surface area contributed by atoms with Gasteiger partial charge in [0.25, 0.3) is 0 Å². The van der Waals surface area contributed by atoms with Gasteiger partial charge in [-0.05, 0) is 73.8 Å². The summed E-state index contributed by atoms with van der Waals surface area (Å²) in [5.74, 6) is 0. The minimum atomic E-state index is -2.59. The normalized spacial score (nSPS) is 12.7. The number of benzene rings is 7. The number of nitrogens with zero attached hydrogens (tertiary/aromatic N) is 3. The highest BCUT2D eigenvalue weighted by molar-refractivity contribution is 7.22. The molecule has 7 aromatic carbocycles. The first-order valence-corrected chi connectivity index (χ1v) is 18.1. The molecule has 0 saturated heterocycles. The van der Waals surface area contributed by atoms with Gasteiger partial charge in [-0.25, -0.2) is 0 Å². The van der Waals surface area contributed by atoms with Gasteiger partial charge < -0.3 is 4.57 Å². The SMILES string of the molecule is N#Cc1cccc(C#N)c1-c1cccc2c1c1ccccc1n2-c1ccc2c(c1)-c1ccccc1[Si]2(c1ccccc1)c1ccccc1. The minimum Gasteiger partial charge on any atom is -0.309 e. The molecule has 0 N–H and O–H groups in total. The number of aromatic nitrogens is 1. The Balaban J connectivity index is 1.36. The van der Waals surface area contributed by atoms with Crippen LogP contribution in [-0.2, 0) is 0 Å². The molecule has 1 aromatic heterocycles. The number of para-hydroxylation sites is 1. The van der Waals surface area contributed by atoms with Crippen molar-refractivity contribution in [3.63, 3.8) is 0 Å². The molecule has 48 heavy (non-hydrogen) atoms. The Morgan fingerprint density at radius 3 is 1.73 bits per heavy atom. The number of hydrogen-bond acceptors (Lipinski definition) is 2. The molecular formula is C44H27N3Si. The largest absolute Gasteiger partial charge is 0.309 e. The van der Waals surface area contributed by atoms with Crippen molar-refractivity contribution >= 4 is 50.6 Å². The summed E-state index contributed by atoms with van der Waals surface area (Å²) in [4.78, 5) is 0. The minimum absolute atomic E-state index is 0.496. The Kier molecular flexibility index (Phi) is 6.27. The summed E-state index contributed by atoms with van der Waals surface area (Å²) in [5, 5.41) is 27.8. The van der Waals surface area contributed by atoms with E-state index in [2.05, 4.69) is 150 Å². The van der Waals surface area contributed by atoms with Gasteiger partial charge in [-0.3, -0.25) is 0 Å². The van der Waals surface area contributed by atoms with Gasteiger partial charge in [0, 0.05) is 22.0 Å². The molecule has 0 radical (unpaired) electrons. The fourth-order valence-electron chi connectivity index (χ4n) is 8.11. The van der Waals surface area contributed by atoms with Crippen LogP contribution in [0.15, 0.2) is 164 Å². The van der Waals surface area contributed by atoms with Crippen molar-refractivity contribution in [3.05, 3.63) is 175 Å². The van der Waals surface area contributed by atoms with Crippen LogP contribution in [0.3, 0.4) is 0 Å². The molecule has 2 heterocycles. The van der Waals surface area contributed by atoms with Crippen LogP contribution >= 0.6 is 0 Å². The maximum Gasteiger partial charge on any atom is 0.180 e. The van der Waals surface area contributed by atoms with E-state index in [1.54, 1.807) is 18.2 Å². The zero-order valence-corrected chi connectivity index (χ0v) is 26.9. The van der Waals surface area contributed by atoms with E-state index in [0.717, 1.165) is 33.1 Å². The highest BCUT2D eigenvalue weighted by atomic mass is 28.3. The molecular weight excluding hydrogens is 599 g/mol. The maximum absolute atomic E-state index is 10.1. The van der Waals surface area contributed by atoms with Gasteiger partial charge in [0.2, 0.25) is 0 Å². The third-order valence-electron chi connectivity index (χ3n) is 9.97. The Bertz CT molecular complexity index is 2570. The molecule has 222 valence electrons. The Morgan fingerprint density at radius 1 is 0.458 bits per heavy atom. The molecule has 0 saturated carbocycles. The fraction of sp³-hybridized carbons (Fsp3) is 0. The van der Waals surface area contributed by atoms with E-state index in [0.29, 0.717) is 16.7 Å². The summed E-state index contributed by atoms with van der Waals surface area (Å²) in [6.07, 6.45) is 0. The van der Waals surface area contributed by atoms with Crippen LogP contribution in [-0.4, -0.2) is 12.6 Å². The molecule has 1 aliphatic rings. The first-order chi connectivity index (χ1) is 23.8. The van der Waals surface area contributed by atoms with Crippen molar-refractivity contribution in [2.75, 3.05) is 0 Å². The van der Waals surface area contributed by atoms with Crippen molar-refractivity contribution in [1.82, 2.24) is 4.57 Å². The van der Waals surface area contributed by atoms with Crippen LogP contribution in [0.4, 0.5) is 0 Å². The molecule has 9 rings (SSSR count). The van der Waals surface area contributed by atoms with Crippen LogP contribution in [0.25, 0.3) is 49.7 Å². The summed E-state index contributed by atoms with van der Waals surface area (Å²) >= 11 is 0. The van der Waals surface area contributed by atoms with E-state index in [1.807, 2.05) is 12.1 Å². The maximum atomic E-state index is 10.1. The molecule has 1 aliphatic heterocycles. The van der Waals surface area contributed by atoms with Gasteiger partial charge in [0.05, 0.1) is 34.3 Å². The molecule has 0 atom stereocenters. The van der Waals surface area contributed by atoms with E-state index < -0.39 is 8.07 Å².